The minimum atomic E-state index is -0.974. The molecule has 0 heterocycles. The summed E-state index contributed by atoms with van der Waals surface area (Å²) in [6.45, 7) is 8.12. The fraction of sp³-hybridized carbons (Fsp3) is 0.500. The largest absolute Gasteiger partial charge is 0.445 e. The number of amides is 5. The highest BCUT2D eigenvalue weighted by atomic mass is 16.5. The van der Waals surface area contributed by atoms with Gasteiger partial charge in [-0.2, -0.15) is 0 Å². The first-order valence-electron chi connectivity index (χ1n) is 10.7. The molecule has 5 amide bonds. The highest BCUT2D eigenvalue weighted by Crippen LogP contribution is 2.01. The third-order valence-electron chi connectivity index (χ3n) is 4.55. The van der Waals surface area contributed by atoms with Gasteiger partial charge in [0.15, 0.2) is 0 Å². The minimum Gasteiger partial charge on any atom is -0.445 e. The smallest absolute Gasteiger partial charge is 0.408 e. The van der Waals surface area contributed by atoms with E-state index >= 15 is 0 Å². The average Bonchev–Trinajstić information content (AvgIpc) is 2.78. The first-order valence-corrected chi connectivity index (χ1v) is 10.7. The van der Waals surface area contributed by atoms with Gasteiger partial charge in [0.2, 0.25) is 23.6 Å². The predicted molar refractivity (Wildman–Crippen MR) is 121 cm³/mol. The molecule has 1 rings (SSSR count). The summed E-state index contributed by atoms with van der Waals surface area (Å²) in [6.07, 6.45) is -0.773. The first-order chi connectivity index (χ1) is 15.5. The van der Waals surface area contributed by atoms with Gasteiger partial charge in [-0.05, 0) is 40.2 Å². The summed E-state index contributed by atoms with van der Waals surface area (Å²) in [5.41, 5.74) is 0.800. The van der Waals surface area contributed by atoms with Crippen LogP contribution in [0.4, 0.5) is 4.79 Å². The number of benzene rings is 1. The quantitative estimate of drug-likeness (QED) is 0.310. The summed E-state index contributed by atoms with van der Waals surface area (Å²) in [6, 6.07) is 5.44. The zero-order chi connectivity index (χ0) is 25.0. The molecule has 0 bridgehead atoms. The van der Waals surface area contributed by atoms with Crippen LogP contribution >= 0.6 is 0 Å². The van der Waals surface area contributed by atoms with Crippen molar-refractivity contribution in [1.29, 1.82) is 0 Å². The van der Waals surface area contributed by atoms with Crippen molar-refractivity contribution in [3.8, 4) is 0 Å². The number of carbonyl (C=O) groups excluding carboxylic acids is 5. The van der Waals surface area contributed by atoms with E-state index in [1.807, 2.05) is 18.2 Å². The number of likely N-dealkylation sites (N-methyl/N-ethyl adjacent to an activating group) is 1. The lowest BCUT2D eigenvalue weighted by Crippen LogP contribution is -2.56. The Labute approximate surface area is 193 Å². The van der Waals surface area contributed by atoms with Gasteiger partial charge < -0.3 is 31.3 Å². The fourth-order valence-electron chi connectivity index (χ4n) is 2.55. The molecule has 5 N–H and O–H groups in total. The predicted octanol–water partition coefficient (Wildman–Crippen LogP) is -0.0485. The van der Waals surface area contributed by atoms with Crippen LogP contribution in [0.5, 0.6) is 0 Å². The number of nitrogens with one attached hydrogen (secondary N) is 5. The Morgan fingerprint density at radius 2 is 1.12 bits per heavy atom. The molecule has 0 fully saturated rings. The SMILES string of the molecule is CCNC(=O)[C@H](C)NC(=O)[C@H](C)NC(=O)[C@H](C)NC(=O)[C@H](C)NC(=O)OCc1ccccc1. The molecule has 4 atom stereocenters. The van der Waals surface area contributed by atoms with Crippen LogP contribution in [0.25, 0.3) is 0 Å². The normalized spacial score (nSPS) is 14.0. The van der Waals surface area contributed by atoms with Gasteiger partial charge in [0, 0.05) is 6.54 Å². The Morgan fingerprint density at radius 3 is 1.58 bits per heavy atom. The molecule has 33 heavy (non-hydrogen) atoms. The highest BCUT2D eigenvalue weighted by Gasteiger charge is 2.25. The van der Waals surface area contributed by atoms with Crippen LogP contribution in [0.15, 0.2) is 30.3 Å². The lowest BCUT2D eigenvalue weighted by atomic mass is 10.2. The van der Waals surface area contributed by atoms with Crippen molar-refractivity contribution < 1.29 is 28.7 Å². The van der Waals surface area contributed by atoms with Crippen molar-refractivity contribution in [3.05, 3.63) is 35.9 Å². The van der Waals surface area contributed by atoms with Gasteiger partial charge in [-0.15, -0.1) is 0 Å². The van der Waals surface area contributed by atoms with Gasteiger partial charge >= 0.3 is 6.09 Å². The highest BCUT2D eigenvalue weighted by molar-refractivity contribution is 5.94. The van der Waals surface area contributed by atoms with Gasteiger partial charge in [0.1, 0.15) is 30.8 Å². The Bertz CT molecular complexity index is 832. The van der Waals surface area contributed by atoms with Crippen LogP contribution in [-0.4, -0.2) is 60.4 Å². The fourth-order valence-corrected chi connectivity index (χ4v) is 2.55. The molecule has 0 radical (unpaired) electrons. The molecule has 0 aliphatic carbocycles. The topological polar surface area (TPSA) is 155 Å². The minimum absolute atomic E-state index is 0.0541. The van der Waals surface area contributed by atoms with E-state index in [1.165, 1.54) is 27.7 Å². The molecule has 1 aromatic rings. The number of carbonyl (C=O) groups is 5. The van der Waals surface area contributed by atoms with Crippen LogP contribution < -0.4 is 26.6 Å². The second-order valence-electron chi connectivity index (χ2n) is 7.51. The van der Waals surface area contributed by atoms with Crippen molar-refractivity contribution in [1.82, 2.24) is 26.6 Å². The second kappa shape index (κ2) is 13.7. The average molecular weight is 464 g/mol. The van der Waals surface area contributed by atoms with Crippen molar-refractivity contribution >= 4 is 29.7 Å². The number of hydrogen-bond donors (Lipinski definition) is 5. The van der Waals surface area contributed by atoms with Crippen LogP contribution in [-0.2, 0) is 30.5 Å². The molecule has 11 nitrogen and oxygen atoms in total. The molecule has 0 unspecified atom stereocenters. The van der Waals surface area contributed by atoms with Crippen LogP contribution in [0, 0.1) is 0 Å². The lowest BCUT2D eigenvalue weighted by molar-refractivity contribution is -0.133. The number of alkyl carbamates (subject to hydrolysis) is 1. The van der Waals surface area contributed by atoms with E-state index in [0.717, 1.165) is 5.56 Å². The Hall–Kier alpha value is -3.63. The first kappa shape index (κ1) is 27.4. The lowest BCUT2D eigenvalue weighted by Gasteiger charge is -2.21. The molecule has 0 spiro atoms. The molecule has 0 saturated carbocycles. The van der Waals surface area contributed by atoms with Crippen LogP contribution in [0.3, 0.4) is 0 Å². The molecule has 0 saturated heterocycles. The van der Waals surface area contributed by atoms with E-state index in [1.54, 1.807) is 19.1 Å². The summed E-state index contributed by atoms with van der Waals surface area (Å²) in [4.78, 5) is 60.4. The van der Waals surface area contributed by atoms with Crippen molar-refractivity contribution in [2.24, 2.45) is 0 Å². The zero-order valence-electron chi connectivity index (χ0n) is 19.6. The van der Waals surface area contributed by atoms with Gasteiger partial charge in [-0.25, -0.2) is 4.79 Å². The molecule has 0 aliphatic rings. The maximum absolute atomic E-state index is 12.3. The maximum Gasteiger partial charge on any atom is 0.408 e. The standard InChI is InChI=1S/C22H33N5O6/c1-6-23-18(28)13(2)24-19(29)14(3)25-20(30)15(4)26-21(31)16(5)27-22(32)33-12-17-10-8-7-9-11-17/h7-11,13-16H,6,12H2,1-5H3,(H,23,28)(H,24,29)(H,25,30)(H,26,31)(H,27,32)/t13-,14-,15-,16-/m0/s1. The molecule has 11 heteroatoms. The van der Waals surface area contributed by atoms with E-state index in [9.17, 15) is 24.0 Å². The van der Waals surface area contributed by atoms with Gasteiger partial charge in [-0.1, -0.05) is 30.3 Å². The summed E-state index contributed by atoms with van der Waals surface area (Å²) < 4.78 is 5.06. The molecule has 1 aromatic carbocycles. The van der Waals surface area contributed by atoms with Crippen molar-refractivity contribution in [2.45, 2.75) is 65.4 Å². The van der Waals surface area contributed by atoms with Gasteiger partial charge in [-0.3, -0.25) is 19.2 Å². The Morgan fingerprint density at radius 1 is 0.697 bits per heavy atom. The number of rotatable bonds is 11. The van der Waals surface area contributed by atoms with E-state index in [2.05, 4.69) is 26.6 Å². The van der Waals surface area contributed by atoms with Gasteiger partial charge in [0.25, 0.3) is 0 Å². The van der Waals surface area contributed by atoms with Gasteiger partial charge in [0.05, 0.1) is 0 Å². The third kappa shape index (κ3) is 10.0. The summed E-state index contributed by atoms with van der Waals surface area (Å²) >= 11 is 0. The monoisotopic (exact) mass is 463 g/mol. The van der Waals surface area contributed by atoms with E-state index in [4.69, 9.17) is 4.74 Å². The zero-order valence-corrected chi connectivity index (χ0v) is 19.6. The number of ether oxygens (including phenoxy) is 1. The Kier molecular flexibility index (Phi) is 11.4. The Balaban J connectivity index is 2.43. The van der Waals surface area contributed by atoms with Crippen LogP contribution in [0.2, 0.25) is 0 Å². The number of hydrogen-bond acceptors (Lipinski definition) is 6. The molecular formula is C22H33N5O6. The van der Waals surface area contributed by atoms with Crippen molar-refractivity contribution in [3.63, 3.8) is 0 Å². The molecular weight excluding hydrogens is 430 g/mol. The second-order valence-corrected chi connectivity index (χ2v) is 7.51. The van der Waals surface area contributed by atoms with E-state index in [0.29, 0.717) is 6.54 Å². The van der Waals surface area contributed by atoms with Crippen molar-refractivity contribution in [2.75, 3.05) is 6.54 Å². The van der Waals surface area contributed by atoms with Crippen LogP contribution in [0.1, 0.15) is 40.2 Å². The summed E-state index contributed by atoms with van der Waals surface area (Å²) in [7, 11) is 0. The molecule has 0 aliphatic heterocycles. The maximum atomic E-state index is 12.3. The molecule has 182 valence electrons. The summed E-state index contributed by atoms with van der Waals surface area (Å²) in [5.74, 6) is -2.09. The van der Waals surface area contributed by atoms with E-state index in [-0.39, 0.29) is 12.5 Å². The third-order valence-corrected chi connectivity index (χ3v) is 4.55. The summed E-state index contributed by atoms with van der Waals surface area (Å²) in [5, 5.41) is 12.4. The van der Waals surface area contributed by atoms with E-state index < -0.39 is 48.0 Å². The molecule has 0 aromatic heterocycles.